The Kier molecular flexibility index (Phi) is 4.53. The summed E-state index contributed by atoms with van der Waals surface area (Å²) in [6, 6.07) is 6.19. The third kappa shape index (κ3) is 3.77. The molecule has 1 N–H and O–H groups in total. The van der Waals surface area contributed by atoms with Gasteiger partial charge in [-0.15, -0.1) is 0 Å². The molecule has 2 rings (SSSR count). The zero-order chi connectivity index (χ0) is 13.8. The van der Waals surface area contributed by atoms with E-state index in [2.05, 4.69) is 10.2 Å². The first-order valence-electron chi connectivity index (χ1n) is 6.80. The summed E-state index contributed by atoms with van der Waals surface area (Å²) in [7, 11) is 2.04. The molecule has 0 aliphatic carbocycles. The van der Waals surface area contributed by atoms with Crippen LogP contribution < -0.4 is 5.32 Å². The predicted octanol–water partition coefficient (Wildman–Crippen LogP) is 2.34. The average molecular weight is 264 g/mol. The minimum Gasteiger partial charge on any atom is -0.349 e. The molecule has 0 saturated carbocycles. The van der Waals surface area contributed by atoms with Crippen LogP contribution in [0.4, 0.5) is 4.39 Å². The summed E-state index contributed by atoms with van der Waals surface area (Å²) in [4.78, 5) is 14.4. The van der Waals surface area contributed by atoms with Gasteiger partial charge in [0.1, 0.15) is 5.82 Å². The second-order valence-electron chi connectivity index (χ2n) is 5.38. The Morgan fingerprint density at radius 2 is 2.11 bits per heavy atom. The number of hydrogen-bond acceptors (Lipinski definition) is 2. The fourth-order valence-electron chi connectivity index (χ4n) is 2.55. The van der Waals surface area contributed by atoms with Crippen molar-refractivity contribution in [1.29, 1.82) is 0 Å². The third-order valence-corrected chi connectivity index (χ3v) is 3.72. The SMILES string of the molecule is C[C@@H](NC(=O)[C@@H]1CCCN(C)C1)c1ccc(F)cc1. The predicted molar refractivity (Wildman–Crippen MR) is 73.2 cm³/mol. The lowest BCUT2D eigenvalue weighted by Crippen LogP contribution is -2.42. The van der Waals surface area contributed by atoms with Crippen LogP contribution in [0, 0.1) is 11.7 Å². The number of carbonyl (C=O) groups excluding carboxylic acids is 1. The number of hydrogen-bond donors (Lipinski definition) is 1. The van der Waals surface area contributed by atoms with Crippen molar-refractivity contribution >= 4 is 5.91 Å². The number of rotatable bonds is 3. The number of nitrogens with one attached hydrogen (secondary N) is 1. The highest BCUT2D eigenvalue weighted by Gasteiger charge is 2.24. The van der Waals surface area contributed by atoms with Crippen LogP contribution in [0.15, 0.2) is 24.3 Å². The van der Waals surface area contributed by atoms with Crippen molar-refractivity contribution in [3.05, 3.63) is 35.6 Å². The molecule has 1 aliphatic heterocycles. The second kappa shape index (κ2) is 6.15. The molecule has 0 spiro atoms. The van der Waals surface area contributed by atoms with Crippen LogP contribution in [0.25, 0.3) is 0 Å². The maximum Gasteiger partial charge on any atom is 0.224 e. The number of carbonyl (C=O) groups is 1. The van der Waals surface area contributed by atoms with Crippen LogP contribution in [0.5, 0.6) is 0 Å². The molecule has 0 unspecified atom stereocenters. The smallest absolute Gasteiger partial charge is 0.224 e. The largest absolute Gasteiger partial charge is 0.349 e. The Hall–Kier alpha value is -1.42. The Morgan fingerprint density at radius 3 is 2.74 bits per heavy atom. The molecule has 0 radical (unpaired) electrons. The van der Waals surface area contributed by atoms with E-state index in [0.717, 1.165) is 31.5 Å². The molecule has 0 aromatic heterocycles. The minimum absolute atomic E-state index is 0.0710. The minimum atomic E-state index is -0.254. The number of nitrogens with zero attached hydrogens (tertiary/aromatic N) is 1. The van der Waals surface area contributed by atoms with Crippen LogP contribution in [0.3, 0.4) is 0 Å². The number of halogens is 1. The van der Waals surface area contributed by atoms with Gasteiger partial charge in [-0.1, -0.05) is 12.1 Å². The number of piperidine rings is 1. The summed E-state index contributed by atoms with van der Waals surface area (Å²) < 4.78 is 12.9. The van der Waals surface area contributed by atoms with E-state index in [4.69, 9.17) is 0 Å². The molecule has 2 atom stereocenters. The molecule has 1 fully saturated rings. The molecule has 3 nitrogen and oxygen atoms in total. The Bertz CT molecular complexity index is 432. The molecule has 1 amide bonds. The highest BCUT2D eigenvalue weighted by molar-refractivity contribution is 5.79. The van der Waals surface area contributed by atoms with Crippen LogP contribution in [0.1, 0.15) is 31.4 Å². The van der Waals surface area contributed by atoms with E-state index < -0.39 is 0 Å². The number of likely N-dealkylation sites (tertiary alicyclic amines) is 1. The van der Waals surface area contributed by atoms with E-state index in [9.17, 15) is 9.18 Å². The lowest BCUT2D eigenvalue weighted by atomic mass is 9.97. The lowest BCUT2D eigenvalue weighted by molar-refractivity contribution is -0.127. The van der Waals surface area contributed by atoms with Crippen molar-refractivity contribution in [3.63, 3.8) is 0 Å². The monoisotopic (exact) mass is 264 g/mol. The van der Waals surface area contributed by atoms with E-state index in [0.29, 0.717) is 0 Å². The third-order valence-electron chi connectivity index (χ3n) is 3.72. The van der Waals surface area contributed by atoms with E-state index >= 15 is 0 Å². The van der Waals surface area contributed by atoms with Crippen molar-refractivity contribution in [3.8, 4) is 0 Å². The van der Waals surface area contributed by atoms with Gasteiger partial charge in [0.05, 0.1) is 12.0 Å². The highest BCUT2D eigenvalue weighted by atomic mass is 19.1. The van der Waals surface area contributed by atoms with E-state index in [1.807, 2.05) is 14.0 Å². The van der Waals surface area contributed by atoms with Gasteiger partial charge in [-0.3, -0.25) is 4.79 Å². The summed E-state index contributed by atoms with van der Waals surface area (Å²) in [6.45, 7) is 3.82. The van der Waals surface area contributed by atoms with Crippen molar-refractivity contribution in [2.24, 2.45) is 5.92 Å². The molecule has 1 aromatic carbocycles. The van der Waals surface area contributed by atoms with Gasteiger partial charge in [0.2, 0.25) is 5.91 Å². The topological polar surface area (TPSA) is 32.3 Å². The van der Waals surface area contributed by atoms with E-state index in [1.165, 1.54) is 12.1 Å². The van der Waals surface area contributed by atoms with Crippen LogP contribution in [-0.4, -0.2) is 30.9 Å². The molecule has 1 saturated heterocycles. The van der Waals surface area contributed by atoms with Gasteiger partial charge < -0.3 is 10.2 Å². The van der Waals surface area contributed by atoms with E-state index in [1.54, 1.807) is 12.1 Å². The molecular formula is C15H21FN2O. The molecule has 1 aromatic rings. The summed E-state index contributed by atoms with van der Waals surface area (Å²) in [5, 5.41) is 3.02. The molecule has 19 heavy (non-hydrogen) atoms. The number of amides is 1. The first-order chi connectivity index (χ1) is 9.06. The van der Waals surface area contributed by atoms with Crippen LogP contribution in [0.2, 0.25) is 0 Å². The summed E-state index contributed by atoms with van der Waals surface area (Å²) >= 11 is 0. The Morgan fingerprint density at radius 1 is 1.42 bits per heavy atom. The zero-order valence-electron chi connectivity index (χ0n) is 11.5. The first-order valence-corrected chi connectivity index (χ1v) is 6.80. The van der Waals surface area contributed by atoms with Gasteiger partial charge in [-0.25, -0.2) is 4.39 Å². The normalized spacial score (nSPS) is 21.9. The Balaban J connectivity index is 1.92. The molecule has 1 heterocycles. The van der Waals surface area contributed by atoms with Gasteiger partial charge in [0, 0.05) is 6.54 Å². The second-order valence-corrected chi connectivity index (χ2v) is 5.38. The summed E-state index contributed by atoms with van der Waals surface area (Å²) in [5.41, 5.74) is 0.930. The molecule has 1 aliphatic rings. The Labute approximate surface area is 113 Å². The standard InChI is InChI=1S/C15H21FN2O/c1-11(12-5-7-14(16)8-6-12)17-15(19)13-4-3-9-18(2)10-13/h5-8,11,13H,3-4,9-10H2,1-2H3,(H,17,19)/t11-,13-/m1/s1. The van der Waals surface area contributed by atoms with Gasteiger partial charge in [-0.2, -0.15) is 0 Å². The van der Waals surface area contributed by atoms with Crippen LogP contribution >= 0.6 is 0 Å². The van der Waals surface area contributed by atoms with Gasteiger partial charge in [0.15, 0.2) is 0 Å². The molecule has 104 valence electrons. The van der Waals surface area contributed by atoms with Crippen molar-refractivity contribution in [1.82, 2.24) is 10.2 Å². The molecule has 0 bridgehead atoms. The maximum atomic E-state index is 12.9. The summed E-state index contributed by atoms with van der Waals surface area (Å²) in [5.74, 6) is -0.0822. The van der Waals surface area contributed by atoms with Gasteiger partial charge in [0.25, 0.3) is 0 Å². The first kappa shape index (κ1) is 14.0. The fraction of sp³-hybridized carbons (Fsp3) is 0.533. The zero-order valence-corrected chi connectivity index (χ0v) is 11.5. The highest BCUT2D eigenvalue weighted by Crippen LogP contribution is 2.18. The van der Waals surface area contributed by atoms with Crippen molar-refractivity contribution in [2.45, 2.75) is 25.8 Å². The maximum absolute atomic E-state index is 12.9. The van der Waals surface area contributed by atoms with Crippen LogP contribution in [-0.2, 0) is 4.79 Å². The molecule has 4 heteroatoms. The molecular weight excluding hydrogens is 243 g/mol. The quantitative estimate of drug-likeness (QED) is 0.909. The van der Waals surface area contributed by atoms with Gasteiger partial charge in [-0.05, 0) is 51.1 Å². The lowest BCUT2D eigenvalue weighted by Gasteiger charge is -2.29. The summed E-state index contributed by atoms with van der Waals surface area (Å²) in [6.07, 6.45) is 2.02. The van der Waals surface area contributed by atoms with E-state index in [-0.39, 0.29) is 23.7 Å². The van der Waals surface area contributed by atoms with Gasteiger partial charge >= 0.3 is 0 Å². The average Bonchev–Trinajstić information content (AvgIpc) is 2.39. The van der Waals surface area contributed by atoms with Crippen molar-refractivity contribution < 1.29 is 9.18 Å². The van der Waals surface area contributed by atoms with Crippen molar-refractivity contribution in [2.75, 3.05) is 20.1 Å². The number of benzene rings is 1. The fourth-order valence-corrected chi connectivity index (χ4v) is 2.55.